The highest BCUT2D eigenvalue weighted by molar-refractivity contribution is 7.99. The lowest BCUT2D eigenvalue weighted by Gasteiger charge is -2.08. The molecule has 0 saturated carbocycles. The first-order valence-corrected chi connectivity index (χ1v) is 6.66. The van der Waals surface area contributed by atoms with Crippen molar-refractivity contribution in [3.8, 4) is 0 Å². The maximum atomic E-state index is 8.81. The standard InChI is InChI=1S/C12H13ClN2OS/c13-11-4-2-1-3-10(11)9-15-6-5-14-12(15)17-8-7-16/h1-6,16H,7-9H2. The Kier molecular flexibility index (Phi) is 4.48. The van der Waals surface area contributed by atoms with Crippen LogP contribution in [0.2, 0.25) is 5.02 Å². The molecule has 0 fully saturated rings. The molecular formula is C12H13ClN2OS. The van der Waals surface area contributed by atoms with Gasteiger partial charge in [0, 0.05) is 23.2 Å². The maximum Gasteiger partial charge on any atom is 0.168 e. The molecule has 1 aromatic heterocycles. The van der Waals surface area contributed by atoms with Crippen LogP contribution in [0.3, 0.4) is 0 Å². The van der Waals surface area contributed by atoms with E-state index in [2.05, 4.69) is 4.98 Å². The maximum absolute atomic E-state index is 8.81. The van der Waals surface area contributed by atoms with E-state index in [9.17, 15) is 0 Å². The molecule has 0 amide bonds. The molecular weight excluding hydrogens is 256 g/mol. The number of rotatable bonds is 5. The van der Waals surface area contributed by atoms with E-state index in [1.54, 1.807) is 6.20 Å². The number of thioether (sulfide) groups is 1. The van der Waals surface area contributed by atoms with Crippen molar-refractivity contribution in [1.29, 1.82) is 0 Å². The molecule has 5 heteroatoms. The summed E-state index contributed by atoms with van der Waals surface area (Å²) in [7, 11) is 0. The van der Waals surface area contributed by atoms with Crippen LogP contribution in [0.1, 0.15) is 5.56 Å². The van der Waals surface area contributed by atoms with Crippen molar-refractivity contribution in [1.82, 2.24) is 9.55 Å². The molecule has 2 rings (SSSR count). The lowest BCUT2D eigenvalue weighted by molar-refractivity contribution is 0.322. The van der Waals surface area contributed by atoms with Crippen LogP contribution in [-0.2, 0) is 6.54 Å². The summed E-state index contributed by atoms with van der Waals surface area (Å²) in [6.45, 7) is 0.858. The van der Waals surface area contributed by atoms with Crippen LogP contribution >= 0.6 is 23.4 Å². The molecule has 90 valence electrons. The van der Waals surface area contributed by atoms with Crippen LogP contribution in [0, 0.1) is 0 Å². The molecule has 0 atom stereocenters. The van der Waals surface area contributed by atoms with Crippen LogP contribution < -0.4 is 0 Å². The van der Waals surface area contributed by atoms with Gasteiger partial charge in [-0.05, 0) is 11.6 Å². The van der Waals surface area contributed by atoms with Gasteiger partial charge in [0.15, 0.2) is 5.16 Å². The van der Waals surface area contributed by atoms with Crippen LogP contribution in [-0.4, -0.2) is 27.0 Å². The summed E-state index contributed by atoms with van der Waals surface area (Å²) in [5.41, 5.74) is 1.07. The fourth-order valence-corrected chi connectivity index (χ4v) is 2.40. The van der Waals surface area contributed by atoms with Crippen molar-refractivity contribution >= 4 is 23.4 Å². The molecule has 0 radical (unpaired) electrons. The number of nitrogens with zero attached hydrogens (tertiary/aromatic N) is 2. The van der Waals surface area contributed by atoms with Gasteiger partial charge < -0.3 is 9.67 Å². The number of aliphatic hydroxyl groups is 1. The Morgan fingerprint density at radius 3 is 2.94 bits per heavy atom. The lowest BCUT2D eigenvalue weighted by Crippen LogP contribution is -2.01. The molecule has 1 N–H and O–H groups in total. The fraction of sp³-hybridized carbons (Fsp3) is 0.250. The average Bonchev–Trinajstić information content (AvgIpc) is 2.77. The summed E-state index contributed by atoms with van der Waals surface area (Å²) in [4.78, 5) is 4.25. The Labute approximate surface area is 109 Å². The highest BCUT2D eigenvalue weighted by atomic mass is 35.5. The second-order valence-corrected chi connectivity index (χ2v) is 4.97. The topological polar surface area (TPSA) is 38.1 Å². The SMILES string of the molecule is OCCSc1nccn1Cc1ccccc1Cl. The number of hydrogen-bond acceptors (Lipinski definition) is 3. The molecule has 0 spiro atoms. The van der Waals surface area contributed by atoms with E-state index < -0.39 is 0 Å². The van der Waals surface area contributed by atoms with Gasteiger partial charge in [0.2, 0.25) is 0 Å². The predicted molar refractivity (Wildman–Crippen MR) is 70.6 cm³/mol. The molecule has 17 heavy (non-hydrogen) atoms. The summed E-state index contributed by atoms with van der Waals surface area (Å²) in [6, 6.07) is 7.77. The predicted octanol–water partition coefficient (Wildman–Crippen LogP) is 2.67. The summed E-state index contributed by atoms with van der Waals surface area (Å²) in [6.07, 6.45) is 3.68. The van der Waals surface area contributed by atoms with Gasteiger partial charge in [0.05, 0.1) is 13.2 Å². The highest BCUT2D eigenvalue weighted by Crippen LogP contribution is 2.20. The van der Waals surface area contributed by atoms with Crippen LogP contribution in [0.15, 0.2) is 41.8 Å². The Bertz CT molecular complexity index is 487. The summed E-state index contributed by atoms with van der Waals surface area (Å²) >= 11 is 7.65. The number of imidazole rings is 1. The minimum atomic E-state index is 0.156. The van der Waals surface area contributed by atoms with Gasteiger partial charge in [-0.3, -0.25) is 0 Å². The van der Waals surface area contributed by atoms with Crippen LogP contribution in [0.25, 0.3) is 0 Å². The lowest BCUT2D eigenvalue weighted by atomic mass is 10.2. The zero-order valence-corrected chi connectivity index (χ0v) is 10.8. The fourth-order valence-electron chi connectivity index (χ4n) is 1.50. The second-order valence-electron chi connectivity index (χ2n) is 3.50. The van der Waals surface area contributed by atoms with E-state index in [1.165, 1.54) is 11.8 Å². The molecule has 3 nitrogen and oxygen atoms in total. The molecule has 0 aliphatic rings. The zero-order valence-electron chi connectivity index (χ0n) is 9.21. The first kappa shape index (κ1) is 12.5. The van der Waals surface area contributed by atoms with E-state index in [0.717, 1.165) is 15.7 Å². The molecule has 0 unspecified atom stereocenters. The summed E-state index contributed by atoms with van der Waals surface area (Å²) in [5, 5.41) is 10.5. The number of hydrogen-bond donors (Lipinski definition) is 1. The Hall–Kier alpha value is -0.970. The third kappa shape index (κ3) is 3.25. The molecule has 0 aliphatic carbocycles. The van der Waals surface area contributed by atoms with Crippen molar-refractivity contribution in [3.05, 3.63) is 47.2 Å². The van der Waals surface area contributed by atoms with Gasteiger partial charge in [-0.2, -0.15) is 0 Å². The van der Waals surface area contributed by atoms with E-state index in [0.29, 0.717) is 12.3 Å². The first-order valence-electron chi connectivity index (χ1n) is 5.29. The third-order valence-electron chi connectivity index (χ3n) is 2.30. The third-order valence-corrected chi connectivity index (χ3v) is 3.65. The quantitative estimate of drug-likeness (QED) is 0.848. The van der Waals surface area contributed by atoms with E-state index in [1.807, 2.05) is 35.0 Å². The average molecular weight is 269 g/mol. The van der Waals surface area contributed by atoms with Crippen LogP contribution in [0.4, 0.5) is 0 Å². The van der Waals surface area contributed by atoms with Gasteiger partial charge >= 0.3 is 0 Å². The zero-order chi connectivity index (χ0) is 12.1. The Morgan fingerprint density at radius 2 is 2.18 bits per heavy atom. The second kappa shape index (κ2) is 6.10. The van der Waals surface area contributed by atoms with Gasteiger partial charge in [0.1, 0.15) is 0 Å². The minimum absolute atomic E-state index is 0.156. The van der Waals surface area contributed by atoms with E-state index >= 15 is 0 Å². The van der Waals surface area contributed by atoms with Gasteiger partial charge in [0.25, 0.3) is 0 Å². The minimum Gasteiger partial charge on any atom is -0.396 e. The normalized spacial score (nSPS) is 10.7. The highest BCUT2D eigenvalue weighted by Gasteiger charge is 2.05. The molecule has 1 heterocycles. The smallest absolute Gasteiger partial charge is 0.168 e. The monoisotopic (exact) mass is 268 g/mol. The Morgan fingerprint density at radius 1 is 1.35 bits per heavy atom. The van der Waals surface area contributed by atoms with Crippen molar-refractivity contribution in [2.45, 2.75) is 11.7 Å². The molecule has 1 aromatic carbocycles. The Balaban J connectivity index is 2.13. The van der Waals surface area contributed by atoms with Crippen molar-refractivity contribution in [3.63, 3.8) is 0 Å². The van der Waals surface area contributed by atoms with Crippen molar-refractivity contribution < 1.29 is 5.11 Å². The summed E-state index contributed by atoms with van der Waals surface area (Å²) < 4.78 is 2.03. The van der Waals surface area contributed by atoms with Gasteiger partial charge in [-0.1, -0.05) is 41.6 Å². The van der Waals surface area contributed by atoms with Gasteiger partial charge in [-0.25, -0.2) is 4.98 Å². The van der Waals surface area contributed by atoms with E-state index in [-0.39, 0.29) is 6.61 Å². The number of benzene rings is 1. The number of aliphatic hydroxyl groups excluding tert-OH is 1. The molecule has 0 bridgehead atoms. The van der Waals surface area contributed by atoms with E-state index in [4.69, 9.17) is 16.7 Å². The number of aromatic nitrogens is 2. The first-order chi connectivity index (χ1) is 8.31. The largest absolute Gasteiger partial charge is 0.396 e. The molecule has 0 saturated heterocycles. The summed E-state index contributed by atoms with van der Waals surface area (Å²) in [5.74, 6) is 0.652. The number of halogens is 1. The van der Waals surface area contributed by atoms with Crippen molar-refractivity contribution in [2.24, 2.45) is 0 Å². The van der Waals surface area contributed by atoms with Crippen molar-refractivity contribution in [2.75, 3.05) is 12.4 Å². The van der Waals surface area contributed by atoms with Crippen LogP contribution in [0.5, 0.6) is 0 Å². The van der Waals surface area contributed by atoms with Gasteiger partial charge in [-0.15, -0.1) is 0 Å². The molecule has 0 aliphatic heterocycles. The molecule has 2 aromatic rings.